The molecule has 1 aromatic rings. The summed E-state index contributed by atoms with van der Waals surface area (Å²) in [5.74, 6) is -5.08. The van der Waals surface area contributed by atoms with Crippen molar-refractivity contribution in [2.75, 3.05) is 5.32 Å². The number of carbonyl (C=O) groups is 1. The molecule has 0 aliphatic rings. The summed E-state index contributed by atoms with van der Waals surface area (Å²) >= 11 is 5.40. The van der Waals surface area contributed by atoms with Crippen LogP contribution in [0.4, 0.5) is 18.9 Å². The maximum Gasteiger partial charge on any atom is 0.242 e. The molecule has 1 rings (SSSR count). The van der Waals surface area contributed by atoms with Gasteiger partial charge >= 0.3 is 0 Å². The molecular weight excluding hydrogens is 231 g/mol. The molecule has 0 aromatic heterocycles. The molecule has 6 heteroatoms. The van der Waals surface area contributed by atoms with Crippen LogP contribution in [0.1, 0.15) is 6.92 Å². The van der Waals surface area contributed by atoms with Gasteiger partial charge in [-0.3, -0.25) is 4.79 Å². The van der Waals surface area contributed by atoms with Crippen LogP contribution in [0.3, 0.4) is 0 Å². The Balaban J connectivity index is 2.97. The second-order valence-corrected chi connectivity index (χ2v) is 3.48. The normalized spacial score (nSPS) is 12.3. The van der Waals surface area contributed by atoms with Crippen LogP contribution < -0.4 is 5.32 Å². The first-order valence-corrected chi connectivity index (χ1v) is 4.45. The van der Waals surface area contributed by atoms with E-state index in [2.05, 4.69) is 0 Å². The van der Waals surface area contributed by atoms with Crippen LogP contribution in [0.5, 0.6) is 0 Å². The molecule has 82 valence electrons. The third-order valence-corrected chi connectivity index (χ3v) is 1.85. The smallest absolute Gasteiger partial charge is 0.242 e. The quantitative estimate of drug-likeness (QED) is 0.622. The van der Waals surface area contributed by atoms with Crippen LogP contribution in [0, 0.1) is 17.5 Å². The lowest BCUT2D eigenvalue weighted by molar-refractivity contribution is -0.115. The van der Waals surface area contributed by atoms with E-state index in [9.17, 15) is 18.0 Å². The van der Waals surface area contributed by atoms with Crippen molar-refractivity contribution >= 4 is 23.2 Å². The van der Waals surface area contributed by atoms with Gasteiger partial charge in [0, 0.05) is 0 Å². The molecule has 0 radical (unpaired) electrons. The Morgan fingerprint density at radius 3 is 2.47 bits per heavy atom. The van der Waals surface area contributed by atoms with E-state index in [0.717, 1.165) is 6.07 Å². The van der Waals surface area contributed by atoms with Crippen molar-refractivity contribution in [3.8, 4) is 0 Å². The summed E-state index contributed by atoms with van der Waals surface area (Å²) in [6, 6.07) is 1.64. The molecule has 0 bridgehead atoms. The fourth-order valence-electron chi connectivity index (χ4n) is 0.855. The summed E-state index contributed by atoms with van der Waals surface area (Å²) in [4.78, 5) is 11.0. The van der Waals surface area contributed by atoms with Crippen molar-refractivity contribution in [3.63, 3.8) is 0 Å². The summed E-state index contributed by atoms with van der Waals surface area (Å²) in [5.41, 5.74) is -0.439. The summed E-state index contributed by atoms with van der Waals surface area (Å²) in [6.45, 7) is 1.37. The topological polar surface area (TPSA) is 29.1 Å². The zero-order chi connectivity index (χ0) is 11.6. The van der Waals surface area contributed by atoms with Crippen LogP contribution in [0.2, 0.25) is 0 Å². The Morgan fingerprint density at radius 2 is 1.93 bits per heavy atom. The molecule has 0 saturated carbocycles. The van der Waals surface area contributed by atoms with Gasteiger partial charge in [0.25, 0.3) is 0 Å². The molecule has 0 aliphatic heterocycles. The number of amides is 1. The van der Waals surface area contributed by atoms with E-state index in [0.29, 0.717) is 6.07 Å². The number of halogens is 4. The average molecular weight is 238 g/mol. The minimum absolute atomic E-state index is 0.439. The van der Waals surface area contributed by atoms with Crippen LogP contribution >= 0.6 is 11.6 Å². The van der Waals surface area contributed by atoms with E-state index in [1.807, 2.05) is 5.32 Å². The lowest BCUT2D eigenvalue weighted by Gasteiger charge is -2.07. The second-order valence-electron chi connectivity index (χ2n) is 2.83. The van der Waals surface area contributed by atoms with Gasteiger partial charge in [0.05, 0.1) is 5.69 Å². The molecule has 0 spiro atoms. The van der Waals surface area contributed by atoms with Gasteiger partial charge < -0.3 is 5.32 Å². The number of hydrogen-bond donors (Lipinski definition) is 1. The molecule has 1 aromatic carbocycles. The predicted molar refractivity (Wildman–Crippen MR) is 50.3 cm³/mol. The Labute approximate surface area is 89.0 Å². The number of benzene rings is 1. The zero-order valence-corrected chi connectivity index (χ0v) is 8.41. The number of anilines is 1. The van der Waals surface area contributed by atoms with Gasteiger partial charge in [0.1, 0.15) is 5.38 Å². The number of nitrogens with one attached hydrogen (secondary N) is 1. The highest BCUT2D eigenvalue weighted by Gasteiger charge is 2.16. The molecule has 0 heterocycles. The monoisotopic (exact) mass is 237 g/mol. The first-order chi connectivity index (χ1) is 6.93. The fraction of sp³-hybridized carbons (Fsp3) is 0.222. The van der Waals surface area contributed by atoms with E-state index < -0.39 is 34.4 Å². The highest BCUT2D eigenvalue weighted by atomic mass is 35.5. The standard InChI is InChI=1S/C9H7ClF3NO/c1-4(10)9(15)14-6-3-2-5(11)7(12)8(6)13/h2-4H,1H3,(H,14,15)/t4-/m0/s1. The van der Waals surface area contributed by atoms with Gasteiger partial charge in [-0.2, -0.15) is 0 Å². The molecule has 0 saturated heterocycles. The van der Waals surface area contributed by atoms with Crippen molar-refractivity contribution in [2.45, 2.75) is 12.3 Å². The Bertz CT molecular complexity index is 395. The van der Waals surface area contributed by atoms with E-state index in [4.69, 9.17) is 11.6 Å². The van der Waals surface area contributed by atoms with Crippen LogP contribution in [-0.2, 0) is 4.79 Å². The van der Waals surface area contributed by atoms with Gasteiger partial charge in [-0.1, -0.05) is 0 Å². The van der Waals surface area contributed by atoms with E-state index in [-0.39, 0.29) is 0 Å². The van der Waals surface area contributed by atoms with Gasteiger partial charge in [-0.05, 0) is 19.1 Å². The van der Waals surface area contributed by atoms with E-state index in [1.54, 1.807) is 0 Å². The highest BCUT2D eigenvalue weighted by Crippen LogP contribution is 2.19. The summed E-state index contributed by atoms with van der Waals surface area (Å²) in [7, 11) is 0. The maximum absolute atomic E-state index is 13.0. The number of hydrogen-bond acceptors (Lipinski definition) is 1. The van der Waals surface area contributed by atoms with E-state index in [1.165, 1.54) is 6.92 Å². The minimum atomic E-state index is -1.63. The summed E-state index contributed by atoms with van der Waals surface area (Å²) < 4.78 is 38.2. The van der Waals surface area contributed by atoms with Crippen molar-refractivity contribution in [3.05, 3.63) is 29.6 Å². The minimum Gasteiger partial charge on any atom is -0.322 e. The Hall–Kier alpha value is -1.23. The molecule has 2 nitrogen and oxygen atoms in total. The van der Waals surface area contributed by atoms with Crippen LogP contribution in [0.15, 0.2) is 12.1 Å². The lowest BCUT2D eigenvalue weighted by Crippen LogP contribution is -2.21. The molecule has 1 amide bonds. The molecule has 0 unspecified atom stereocenters. The molecule has 1 atom stereocenters. The highest BCUT2D eigenvalue weighted by molar-refractivity contribution is 6.32. The number of alkyl halides is 1. The first kappa shape index (κ1) is 11.8. The summed E-state index contributed by atoms with van der Waals surface area (Å²) in [6.07, 6.45) is 0. The predicted octanol–water partition coefficient (Wildman–Crippen LogP) is 2.67. The third kappa shape index (κ3) is 2.62. The lowest BCUT2D eigenvalue weighted by atomic mass is 10.2. The van der Waals surface area contributed by atoms with Crippen LogP contribution in [0.25, 0.3) is 0 Å². The maximum atomic E-state index is 13.0. The van der Waals surface area contributed by atoms with Crippen molar-refractivity contribution in [1.82, 2.24) is 0 Å². The van der Waals surface area contributed by atoms with Crippen molar-refractivity contribution in [1.29, 1.82) is 0 Å². The fourth-order valence-corrected chi connectivity index (χ4v) is 0.909. The van der Waals surface area contributed by atoms with Crippen LogP contribution in [-0.4, -0.2) is 11.3 Å². The van der Waals surface area contributed by atoms with Gasteiger partial charge in [-0.25, -0.2) is 13.2 Å². The number of rotatable bonds is 2. The molecule has 15 heavy (non-hydrogen) atoms. The third-order valence-electron chi connectivity index (χ3n) is 1.65. The Kier molecular flexibility index (Phi) is 3.57. The molecule has 0 aliphatic carbocycles. The molecular formula is C9H7ClF3NO. The SMILES string of the molecule is C[C@H](Cl)C(=O)Nc1ccc(F)c(F)c1F. The Morgan fingerprint density at radius 1 is 1.33 bits per heavy atom. The largest absolute Gasteiger partial charge is 0.322 e. The van der Waals surface area contributed by atoms with E-state index >= 15 is 0 Å². The first-order valence-electron chi connectivity index (χ1n) is 4.02. The molecule has 1 N–H and O–H groups in total. The van der Waals surface area contributed by atoms with Gasteiger partial charge in [-0.15, -0.1) is 11.6 Å². The van der Waals surface area contributed by atoms with Gasteiger partial charge in [0.15, 0.2) is 17.5 Å². The average Bonchev–Trinajstić information content (AvgIpc) is 2.18. The zero-order valence-electron chi connectivity index (χ0n) is 7.65. The van der Waals surface area contributed by atoms with Crippen molar-refractivity contribution < 1.29 is 18.0 Å². The number of carbonyl (C=O) groups excluding carboxylic acids is 1. The van der Waals surface area contributed by atoms with Crippen molar-refractivity contribution in [2.24, 2.45) is 0 Å². The second kappa shape index (κ2) is 4.53. The molecule has 0 fully saturated rings. The summed E-state index contributed by atoms with van der Waals surface area (Å²) in [5, 5.41) is 1.13. The van der Waals surface area contributed by atoms with Gasteiger partial charge in [0.2, 0.25) is 5.91 Å².